The van der Waals surface area contributed by atoms with Crippen molar-refractivity contribution in [1.82, 2.24) is 14.8 Å². The number of carbonyl (C=O) groups excluding carboxylic acids is 1. The van der Waals surface area contributed by atoms with Crippen LogP contribution in [-0.2, 0) is 11.8 Å². The van der Waals surface area contributed by atoms with Crippen LogP contribution >= 0.6 is 35.0 Å². The SMILES string of the molecule is CN(C)c1ccc(-c2nnc(SCC(=O)Nc3cccc(Cl)c3Cl)n2C)cc1. The van der Waals surface area contributed by atoms with Crippen molar-refractivity contribution in [3.05, 3.63) is 52.5 Å². The Morgan fingerprint density at radius 2 is 1.86 bits per heavy atom. The van der Waals surface area contributed by atoms with E-state index in [0.717, 1.165) is 17.1 Å². The molecule has 0 radical (unpaired) electrons. The number of thioether (sulfide) groups is 1. The van der Waals surface area contributed by atoms with Crippen LogP contribution in [0.2, 0.25) is 10.0 Å². The molecule has 0 unspecified atom stereocenters. The summed E-state index contributed by atoms with van der Waals surface area (Å²) in [6, 6.07) is 13.2. The molecule has 6 nitrogen and oxygen atoms in total. The summed E-state index contributed by atoms with van der Waals surface area (Å²) >= 11 is 13.4. The molecule has 1 amide bonds. The fourth-order valence-electron chi connectivity index (χ4n) is 2.52. The lowest BCUT2D eigenvalue weighted by Gasteiger charge is -2.12. The molecule has 0 spiro atoms. The van der Waals surface area contributed by atoms with Gasteiger partial charge >= 0.3 is 0 Å². The molecular weight excluding hydrogens is 417 g/mol. The fraction of sp³-hybridized carbons (Fsp3) is 0.211. The summed E-state index contributed by atoms with van der Waals surface area (Å²) in [5.74, 6) is 0.717. The molecule has 0 bridgehead atoms. The van der Waals surface area contributed by atoms with Gasteiger partial charge in [-0.2, -0.15) is 0 Å². The zero-order valence-corrected chi connectivity index (χ0v) is 17.9. The van der Waals surface area contributed by atoms with Gasteiger partial charge in [0.25, 0.3) is 0 Å². The van der Waals surface area contributed by atoms with E-state index in [4.69, 9.17) is 23.2 Å². The summed E-state index contributed by atoms with van der Waals surface area (Å²) < 4.78 is 1.87. The highest BCUT2D eigenvalue weighted by atomic mass is 35.5. The molecule has 1 heterocycles. The van der Waals surface area contributed by atoms with E-state index < -0.39 is 0 Å². The van der Waals surface area contributed by atoms with Crippen molar-refractivity contribution in [1.29, 1.82) is 0 Å². The number of hydrogen-bond donors (Lipinski definition) is 1. The molecule has 28 heavy (non-hydrogen) atoms. The Balaban J connectivity index is 1.65. The van der Waals surface area contributed by atoms with Crippen molar-refractivity contribution in [2.75, 3.05) is 30.1 Å². The number of hydrogen-bond acceptors (Lipinski definition) is 5. The van der Waals surface area contributed by atoms with Gasteiger partial charge in [0.2, 0.25) is 5.91 Å². The summed E-state index contributed by atoms with van der Waals surface area (Å²) in [7, 11) is 5.87. The van der Waals surface area contributed by atoms with Crippen molar-refractivity contribution in [3.8, 4) is 11.4 Å². The van der Waals surface area contributed by atoms with Crippen LogP contribution < -0.4 is 10.2 Å². The van der Waals surface area contributed by atoms with Crippen LogP contribution in [0, 0.1) is 0 Å². The molecule has 0 fully saturated rings. The minimum atomic E-state index is -0.200. The zero-order chi connectivity index (χ0) is 20.3. The van der Waals surface area contributed by atoms with Crippen molar-refractivity contribution >= 4 is 52.2 Å². The largest absolute Gasteiger partial charge is 0.378 e. The predicted molar refractivity (Wildman–Crippen MR) is 117 cm³/mol. The first-order chi connectivity index (χ1) is 13.4. The molecule has 0 aliphatic heterocycles. The Morgan fingerprint density at radius 3 is 2.54 bits per heavy atom. The van der Waals surface area contributed by atoms with E-state index in [1.54, 1.807) is 18.2 Å². The lowest BCUT2D eigenvalue weighted by atomic mass is 10.2. The van der Waals surface area contributed by atoms with E-state index in [9.17, 15) is 4.79 Å². The van der Waals surface area contributed by atoms with Crippen LogP contribution in [0.5, 0.6) is 0 Å². The first-order valence-electron chi connectivity index (χ1n) is 8.40. The van der Waals surface area contributed by atoms with Gasteiger partial charge in [0.15, 0.2) is 11.0 Å². The molecule has 3 rings (SSSR count). The van der Waals surface area contributed by atoms with E-state index in [1.807, 2.05) is 54.9 Å². The average molecular weight is 436 g/mol. The second kappa shape index (κ2) is 8.86. The number of rotatable bonds is 6. The summed E-state index contributed by atoms with van der Waals surface area (Å²) in [5.41, 5.74) is 2.55. The molecule has 2 aromatic carbocycles. The summed E-state index contributed by atoms with van der Waals surface area (Å²) in [6.45, 7) is 0. The lowest BCUT2D eigenvalue weighted by molar-refractivity contribution is -0.113. The molecule has 0 aliphatic carbocycles. The zero-order valence-electron chi connectivity index (χ0n) is 15.6. The van der Waals surface area contributed by atoms with Gasteiger partial charge < -0.3 is 14.8 Å². The van der Waals surface area contributed by atoms with Crippen molar-refractivity contribution in [3.63, 3.8) is 0 Å². The number of aromatic nitrogens is 3. The van der Waals surface area contributed by atoms with Gasteiger partial charge in [-0.05, 0) is 36.4 Å². The fourth-order valence-corrected chi connectivity index (χ4v) is 3.58. The highest BCUT2D eigenvalue weighted by Crippen LogP contribution is 2.30. The minimum absolute atomic E-state index is 0.175. The highest BCUT2D eigenvalue weighted by molar-refractivity contribution is 7.99. The molecule has 146 valence electrons. The molecular formula is C19H19Cl2N5OS. The second-order valence-corrected chi connectivity index (χ2v) is 7.97. The van der Waals surface area contributed by atoms with Gasteiger partial charge in [0, 0.05) is 32.4 Å². The number of benzene rings is 2. The lowest BCUT2D eigenvalue weighted by Crippen LogP contribution is -2.14. The van der Waals surface area contributed by atoms with E-state index in [-0.39, 0.29) is 11.7 Å². The van der Waals surface area contributed by atoms with Crippen LogP contribution in [0.1, 0.15) is 0 Å². The van der Waals surface area contributed by atoms with Crippen molar-refractivity contribution < 1.29 is 4.79 Å². The minimum Gasteiger partial charge on any atom is -0.378 e. The molecule has 1 aromatic heterocycles. The smallest absolute Gasteiger partial charge is 0.234 e. The van der Waals surface area contributed by atoms with Gasteiger partial charge in [-0.1, -0.05) is 41.0 Å². The van der Waals surface area contributed by atoms with Gasteiger partial charge in [0.05, 0.1) is 21.5 Å². The van der Waals surface area contributed by atoms with Crippen LogP contribution in [0.15, 0.2) is 47.6 Å². The Kier molecular flexibility index (Phi) is 6.49. The number of anilines is 2. The molecule has 1 N–H and O–H groups in total. The molecule has 0 aliphatic rings. The van der Waals surface area contributed by atoms with Gasteiger partial charge in [-0.3, -0.25) is 4.79 Å². The Bertz CT molecular complexity index is 988. The van der Waals surface area contributed by atoms with Gasteiger partial charge in [-0.15, -0.1) is 10.2 Å². The van der Waals surface area contributed by atoms with Crippen LogP contribution in [0.25, 0.3) is 11.4 Å². The highest BCUT2D eigenvalue weighted by Gasteiger charge is 2.14. The summed E-state index contributed by atoms with van der Waals surface area (Å²) in [6.07, 6.45) is 0. The topological polar surface area (TPSA) is 63.1 Å². The Labute approximate surface area is 177 Å². The number of nitrogens with one attached hydrogen (secondary N) is 1. The number of carbonyl (C=O) groups is 1. The van der Waals surface area contributed by atoms with Gasteiger partial charge in [0.1, 0.15) is 0 Å². The maximum atomic E-state index is 12.2. The number of halogens is 2. The normalized spacial score (nSPS) is 10.8. The van der Waals surface area contributed by atoms with Crippen LogP contribution in [0.3, 0.4) is 0 Å². The monoisotopic (exact) mass is 435 g/mol. The van der Waals surface area contributed by atoms with Crippen molar-refractivity contribution in [2.24, 2.45) is 7.05 Å². The van der Waals surface area contributed by atoms with Crippen LogP contribution in [0.4, 0.5) is 11.4 Å². The third-order valence-corrected chi connectivity index (χ3v) is 5.87. The molecule has 0 atom stereocenters. The Hall–Kier alpha value is -2.22. The predicted octanol–water partition coefficient (Wildman–Crippen LogP) is 4.59. The van der Waals surface area contributed by atoms with E-state index in [0.29, 0.717) is 20.9 Å². The third-order valence-electron chi connectivity index (χ3n) is 4.03. The quantitative estimate of drug-likeness (QED) is 0.573. The summed E-state index contributed by atoms with van der Waals surface area (Å²) in [4.78, 5) is 14.3. The molecule has 0 saturated carbocycles. The first kappa shape index (κ1) is 20.5. The molecule has 9 heteroatoms. The first-order valence-corrected chi connectivity index (χ1v) is 10.1. The number of amides is 1. The van der Waals surface area contributed by atoms with E-state index in [1.165, 1.54) is 11.8 Å². The average Bonchev–Trinajstić information content (AvgIpc) is 3.04. The molecule has 0 saturated heterocycles. The van der Waals surface area contributed by atoms with Crippen molar-refractivity contribution in [2.45, 2.75) is 5.16 Å². The maximum absolute atomic E-state index is 12.2. The molecule has 3 aromatic rings. The Morgan fingerprint density at radius 1 is 1.14 bits per heavy atom. The standard InChI is InChI=1S/C19H19Cl2N5OS/c1-25(2)13-9-7-12(8-10-13)18-23-24-19(26(18)3)28-11-16(27)22-15-6-4-5-14(20)17(15)21/h4-10H,11H2,1-3H3,(H,22,27). The van der Waals surface area contributed by atoms with E-state index in [2.05, 4.69) is 15.5 Å². The van der Waals surface area contributed by atoms with Crippen LogP contribution in [-0.4, -0.2) is 40.5 Å². The summed E-state index contributed by atoms with van der Waals surface area (Å²) in [5, 5.41) is 12.6. The maximum Gasteiger partial charge on any atom is 0.234 e. The third kappa shape index (κ3) is 4.60. The second-order valence-electron chi connectivity index (χ2n) is 6.24. The van der Waals surface area contributed by atoms with Gasteiger partial charge in [-0.25, -0.2) is 0 Å². The van der Waals surface area contributed by atoms with E-state index >= 15 is 0 Å². The number of nitrogens with zero attached hydrogens (tertiary/aromatic N) is 4.